The van der Waals surface area contributed by atoms with Crippen molar-refractivity contribution in [3.63, 3.8) is 0 Å². The third-order valence-corrected chi connectivity index (χ3v) is 5.92. The van der Waals surface area contributed by atoms with Gasteiger partial charge in [0.25, 0.3) is 0 Å². The van der Waals surface area contributed by atoms with E-state index in [1.165, 1.54) is 0 Å². The van der Waals surface area contributed by atoms with Crippen molar-refractivity contribution in [2.75, 3.05) is 6.54 Å². The molecule has 0 heterocycles. The minimum atomic E-state index is -1.68. The normalized spacial score (nSPS) is 15.8. The highest BCUT2D eigenvalue weighted by Gasteiger charge is 2.33. The van der Waals surface area contributed by atoms with Crippen LogP contribution in [-0.4, -0.2) is 76.5 Å². The van der Waals surface area contributed by atoms with Gasteiger partial charge in [-0.05, 0) is 24.7 Å². The molecule has 3 amide bonds. The summed E-state index contributed by atoms with van der Waals surface area (Å²) >= 11 is 0. The lowest BCUT2D eigenvalue weighted by molar-refractivity contribution is -0.147. The fourth-order valence-corrected chi connectivity index (χ4v) is 3.14. The van der Waals surface area contributed by atoms with E-state index in [2.05, 4.69) is 20.9 Å². The average molecular weight is 516 g/mol. The number of nitrogens with two attached hydrogens (primary N) is 3. The van der Waals surface area contributed by atoms with Crippen LogP contribution in [0, 0.1) is 11.8 Å². The second-order valence-corrected chi connectivity index (χ2v) is 8.79. The fourth-order valence-electron chi connectivity index (χ4n) is 3.14. The van der Waals surface area contributed by atoms with Gasteiger partial charge in [-0.15, -0.1) is 0 Å². The molecular weight excluding hydrogens is 474 g/mol. The quantitative estimate of drug-likeness (QED) is 0.0630. The first-order valence-electron chi connectivity index (χ1n) is 11.9. The number of aliphatic imine (C=N–C) groups is 1. The van der Waals surface area contributed by atoms with Crippen molar-refractivity contribution in [1.82, 2.24) is 16.0 Å². The number of nitrogens with one attached hydrogen (secondary N) is 3. The van der Waals surface area contributed by atoms with Crippen molar-refractivity contribution in [1.29, 1.82) is 0 Å². The van der Waals surface area contributed by atoms with Crippen molar-refractivity contribution in [3.05, 3.63) is 0 Å². The van der Waals surface area contributed by atoms with E-state index in [0.29, 0.717) is 19.3 Å². The summed E-state index contributed by atoms with van der Waals surface area (Å²) in [6.45, 7) is 7.31. The Hall–Kier alpha value is -3.42. The monoisotopic (exact) mass is 515 g/mol. The number of rotatable bonds is 17. The number of hydrogen-bond acceptors (Lipinski definition) is 7. The van der Waals surface area contributed by atoms with Gasteiger partial charge in [-0.25, -0.2) is 4.79 Å². The molecule has 36 heavy (non-hydrogen) atoms. The van der Waals surface area contributed by atoms with Gasteiger partial charge in [0.05, 0.1) is 12.5 Å². The summed E-state index contributed by atoms with van der Waals surface area (Å²) in [5, 5.41) is 25.5. The SMILES string of the molecule is CCC(C)C(N)C(=O)NC(CCCN=C(N)N)C(=O)NC(C(=O)NC(CC(=O)O)C(=O)O)C(C)CC. The van der Waals surface area contributed by atoms with Crippen LogP contribution in [0.2, 0.25) is 0 Å². The number of nitrogens with zero attached hydrogens (tertiary/aromatic N) is 1. The number of carbonyl (C=O) groups excluding carboxylic acids is 3. The molecule has 0 spiro atoms. The van der Waals surface area contributed by atoms with Crippen molar-refractivity contribution in [3.8, 4) is 0 Å². The Morgan fingerprint density at radius 1 is 0.833 bits per heavy atom. The molecule has 14 heteroatoms. The van der Waals surface area contributed by atoms with E-state index in [-0.39, 0.29) is 24.8 Å². The Labute approximate surface area is 210 Å². The van der Waals surface area contributed by atoms with Crippen LogP contribution in [0.1, 0.15) is 59.8 Å². The van der Waals surface area contributed by atoms with E-state index < -0.39 is 66.2 Å². The standard InChI is InChI=1S/C22H41N7O7/c1-5-11(3)16(23)19(33)27-13(8-7-9-26-22(24)25)18(32)29-17(12(4)6-2)20(34)28-14(21(35)36)10-15(30)31/h11-14,16-17H,5-10,23H2,1-4H3,(H,27,33)(H,28,34)(H,29,32)(H,30,31)(H,35,36)(H4,24,25,26). The van der Waals surface area contributed by atoms with E-state index in [1.807, 2.05) is 6.92 Å². The molecule has 0 radical (unpaired) electrons. The molecule has 6 atom stereocenters. The van der Waals surface area contributed by atoms with Gasteiger partial charge in [0.15, 0.2) is 5.96 Å². The molecule has 11 N–H and O–H groups in total. The summed E-state index contributed by atoms with van der Waals surface area (Å²) in [6, 6.07) is -4.79. The molecule has 0 saturated heterocycles. The van der Waals surface area contributed by atoms with Gasteiger partial charge in [0.2, 0.25) is 17.7 Å². The molecule has 0 aromatic carbocycles. The number of aliphatic carboxylic acids is 2. The zero-order valence-electron chi connectivity index (χ0n) is 21.3. The van der Waals surface area contributed by atoms with Crippen LogP contribution in [0.15, 0.2) is 4.99 Å². The molecule has 0 aromatic heterocycles. The summed E-state index contributed by atoms with van der Waals surface area (Å²) < 4.78 is 0. The second kappa shape index (κ2) is 16.3. The van der Waals surface area contributed by atoms with Crippen LogP contribution in [0.5, 0.6) is 0 Å². The fraction of sp³-hybridized carbons (Fsp3) is 0.727. The van der Waals surface area contributed by atoms with Gasteiger partial charge >= 0.3 is 11.9 Å². The molecule has 0 bridgehead atoms. The predicted molar refractivity (Wildman–Crippen MR) is 132 cm³/mol. The van der Waals surface area contributed by atoms with Crippen molar-refractivity contribution < 1.29 is 34.2 Å². The number of carbonyl (C=O) groups is 5. The smallest absolute Gasteiger partial charge is 0.326 e. The van der Waals surface area contributed by atoms with Crippen LogP contribution in [0.4, 0.5) is 0 Å². The van der Waals surface area contributed by atoms with E-state index >= 15 is 0 Å². The van der Waals surface area contributed by atoms with E-state index in [1.54, 1.807) is 20.8 Å². The van der Waals surface area contributed by atoms with Gasteiger partial charge in [0.1, 0.15) is 18.1 Å². The third kappa shape index (κ3) is 11.8. The zero-order valence-corrected chi connectivity index (χ0v) is 21.3. The first kappa shape index (κ1) is 32.6. The molecule has 6 unspecified atom stereocenters. The van der Waals surface area contributed by atoms with Crippen LogP contribution in [-0.2, 0) is 24.0 Å². The van der Waals surface area contributed by atoms with Gasteiger partial charge in [-0.2, -0.15) is 0 Å². The summed E-state index contributed by atoms with van der Waals surface area (Å²) in [6.07, 6.45) is 0.712. The van der Waals surface area contributed by atoms with Crippen molar-refractivity contribution in [2.24, 2.45) is 34.0 Å². The van der Waals surface area contributed by atoms with E-state index in [0.717, 1.165) is 0 Å². The maximum Gasteiger partial charge on any atom is 0.326 e. The number of carboxylic acid groups (broad SMARTS) is 2. The van der Waals surface area contributed by atoms with Gasteiger partial charge in [-0.3, -0.25) is 24.2 Å². The maximum atomic E-state index is 13.2. The van der Waals surface area contributed by atoms with Crippen LogP contribution in [0.3, 0.4) is 0 Å². The molecule has 0 rings (SSSR count). The Balaban J connectivity index is 5.72. The number of hydrogen-bond donors (Lipinski definition) is 8. The molecule has 0 aliphatic carbocycles. The Kier molecular flexibility index (Phi) is 14.7. The predicted octanol–water partition coefficient (Wildman–Crippen LogP) is -1.53. The topological polar surface area (TPSA) is 252 Å². The van der Waals surface area contributed by atoms with Crippen LogP contribution >= 0.6 is 0 Å². The van der Waals surface area contributed by atoms with Gasteiger partial charge in [0, 0.05) is 6.54 Å². The first-order valence-corrected chi connectivity index (χ1v) is 11.9. The molecule has 0 saturated carbocycles. The summed E-state index contributed by atoms with van der Waals surface area (Å²) in [7, 11) is 0. The minimum absolute atomic E-state index is 0.123. The summed E-state index contributed by atoms with van der Waals surface area (Å²) in [5.41, 5.74) is 16.6. The Morgan fingerprint density at radius 2 is 1.39 bits per heavy atom. The molecule has 0 aliphatic rings. The molecule has 0 aliphatic heterocycles. The van der Waals surface area contributed by atoms with Gasteiger partial charge in [-0.1, -0.05) is 40.5 Å². The number of guanidine groups is 1. The molecule has 14 nitrogen and oxygen atoms in total. The summed E-state index contributed by atoms with van der Waals surface area (Å²) in [5.74, 6) is -5.71. The van der Waals surface area contributed by atoms with Crippen molar-refractivity contribution in [2.45, 2.75) is 84.0 Å². The van der Waals surface area contributed by atoms with Crippen LogP contribution in [0.25, 0.3) is 0 Å². The molecule has 206 valence electrons. The minimum Gasteiger partial charge on any atom is -0.481 e. The van der Waals surface area contributed by atoms with Gasteiger partial charge < -0.3 is 43.4 Å². The Bertz CT molecular complexity index is 802. The van der Waals surface area contributed by atoms with Crippen molar-refractivity contribution >= 4 is 35.6 Å². The molecular formula is C22H41N7O7. The van der Waals surface area contributed by atoms with E-state index in [9.17, 15) is 29.1 Å². The highest BCUT2D eigenvalue weighted by molar-refractivity contribution is 5.94. The number of amides is 3. The molecule has 0 aromatic rings. The average Bonchev–Trinajstić information content (AvgIpc) is 2.81. The lowest BCUT2D eigenvalue weighted by Crippen LogP contribution is -2.59. The first-order chi connectivity index (χ1) is 16.7. The highest BCUT2D eigenvalue weighted by Crippen LogP contribution is 2.11. The lowest BCUT2D eigenvalue weighted by Gasteiger charge is -2.28. The highest BCUT2D eigenvalue weighted by atomic mass is 16.4. The largest absolute Gasteiger partial charge is 0.481 e. The molecule has 0 fully saturated rings. The summed E-state index contributed by atoms with van der Waals surface area (Å²) in [4.78, 5) is 64.8. The van der Waals surface area contributed by atoms with E-state index in [4.69, 9.17) is 22.3 Å². The number of carboxylic acids is 2. The van der Waals surface area contributed by atoms with Crippen LogP contribution < -0.4 is 33.2 Å². The Morgan fingerprint density at radius 3 is 1.86 bits per heavy atom. The third-order valence-electron chi connectivity index (χ3n) is 5.92. The maximum absolute atomic E-state index is 13.2. The zero-order chi connectivity index (χ0) is 28.0. The lowest BCUT2D eigenvalue weighted by atomic mass is 9.96. The second-order valence-electron chi connectivity index (χ2n) is 8.79.